The van der Waals surface area contributed by atoms with Crippen molar-refractivity contribution in [1.82, 2.24) is 0 Å². The van der Waals surface area contributed by atoms with Gasteiger partial charge in [0.2, 0.25) is 0 Å². The molecule has 2 aromatic rings. The van der Waals surface area contributed by atoms with Crippen LogP contribution in [0.15, 0.2) is 47.4 Å². The van der Waals surface area contributed by atoms with Gasteiger partial charge in [0.05, 0.1) is 22.3 Å². The Bertz CT molecular complexity index is 812. The Balaban J connectivity index is 2.47. The zero-order chi connectivity index (χ0) is 15.6. The van der Waals surface area contributed by atoms with Crippen LogP contribution in [0.3, 0.4) is 0 Å². The van der Waals surface area contributed by atoms with E-state index in [1.165, 1.54) is 25.2 Å². The van der Waals surface area contributed by atoms with Gasteiger partial charge in [-0.1, -0.05) is 23.2 Å². The van der Waals surface area contributed by atoms with Gasteiger partial charge in [-0.25, -0.2) is 8.42 Å². The topological polar surface area (TPSA) is 61.2 Å². The second-order valence-corrected chi connectivity index (χ2v) is 6.99. The van der Waals surface area contributed by atoms with E-state index in [2.05, 4.69) is 0 Å². The molecular weight excluding hydrogens is 331 g/mol. The van der Waals surface area contributed by atoms with E-state index in [9.17, 15) is 8.42 Å². The molecule has 108 valence electrons. The Morgan fingerprint density at radius 1 is 1.10 bits per heavy atom. The van der Waals surface area contributed by atoms with Crippen LogP contribution < -0.4 is 4.31 Å². The van der Waals surface area contributed by atoms with E-state index in [1.807, 2.05) is 6.07 Å². The summed E-state index contributed by atoms with van der Waals surface area (Å²) in [5.41, 5.74) is 0.871. The van der Waals surface area contributed by atoms with Gasteiger partial charge in [-0.3, -0.25) is 4.31 Å². The monoisotopic (exact) mass is 340 g/mol. The largest absolute Gasteiger partial charge is 0.269 e. The van der Waals surface area contributed by atoms with Crippen molar-refractivity contribution in [2.75, 3.05) is 11.4 Å². The summed E-state index contributed by atoms with van der Waals surface area (Å²) in [6, 6.07) is 12.4. The number of hydrogen-bond donors (Lipinski definition) is 0. The van der Waals surface area contributed by atoms with Crippen molar-refractivity contribution in [2.45, 2.75) is 4.90 Å². The number of benzene rings is 2. The number of sulfonamides is 1. The van der Waals surface area contributed by atoms with E-state index in [1.54, 1.807) is 24.3 Å². The summed E-state index contributed by atoms with van der Waals surface area (Å²) in [7, 11) is -2.42. The van der Waals surface area contributed by atoms with Gasteiger partial charge in [-0.05, 0) is 42.5 Å². The zero-order valence-electron chi connectivity index (χ0n) is 10.9. The molecule has 4 nitrogen and oxygen atoms in total. The van der Waals surface area contributed by atoms with Crippen LogP contribution in [0.2, 0.25) is 10.0 Å². The first-order valence-corrected chi connectivity index (χ1v) is 8.00. The first-order chi connectivity index (χ1) is 9.86. The van der Waals surface area contributed by atoms with Gasteiger partial charge in [-0.2, -0.15) is 5.26 Å². The Hall–Kier alpha value is -1.74. The Morgan fingerprint density at radius 2 is 1.71 bits per heavy atom. The minimum Gasteiger partial charge on any atom is -0.269 e. The molecule has 2 aromatic carbocycles. The lowest BCUT2D eigenvalue weighted by Gasteiger charge is -2.20. The summed E-state index contributed by atoms with van der Waals surface area (Å²) in [5, 5.41) is 9.14. The number of nitriles is 1. The van der Waals surface area contributed by atoms with Crippen LogP contribution in [-0.2, 0) is 10.0 Å². The third-order valence-corrected chi connectivity index (χ3v) is 5.39. The second kappa shape index (κ2) is 5.94. The van der Waals surface area contributed by atoms with Crippen molar-refractivity contribution in [1.29, 1.82) is 5.26 Å². The van der Waals surface area contributed by atoms with Crippen LogP contribution in [0, 0.1) is 11.3 Å². The third kappa shape index (κ3) is 3.13. The van der Waals surface area contributed by atoms with Gasteiger partial charge >= 0.3 is 0 Å². The molecule has 0 atom stereocenters. The Kier molecular flexibility index (Phi) is 4.43. The summed E-state index contributed by atoms with van der Waals surface area (Å²) in [4.78, 5) is -0.0662. The van der Waals surface area contributed by atoms with E-state index < -0.39 is 10.0 Å². The summed E-state index contributed by atoms with van der Waals surface area (Å²) in [6.07, 6.45) is 0. The zero-order valence-corrected chi connectivity index (χ0v) is 13.2. The van der Waals surface area contributed by atoms with Gasteiger partial charge in [0.1, 0.15) is 4.90 Å². The average molecular weight is 341 g/mol. The minimum absolute atomic E-state index is 0.0662. The van der Waals surface area contributed by atoms with Gasteiger partial charge in [-0.15, -0.1) is 0 Å². The normalized spacial score (nSPS) is 11.0. The fourth-order valence-corrected chi connectivity index (χ4v) is 3.64. The van der Waals surface area contributed by atoms with Crippen molar-refractivity contribution in [3.8, 4) is 6.07 Å². The van der Waals surface area contributed by atoms with E-state index in [0.29, 0.717) is 11.3 Å². The number of rotatable bonds is 3. The smallest absolute Gasteiger partial charge is 0.265 e. The fourth-order valence-electron chi connectivity index (χ4n) is 1.71. The van der Waals surface area contributed by atoms with Crippen LogP contribution in [0.1, 0.15) is 5.56 Å². The van der Waals surface area contributed by atoms with Crippen molar-refractivity contribution in [3.05, 3.63) is 58.1 Å². The first kappa shape index (κ1) is 15.6. The van der Waals surface area contributed by atoms with Crippen LogP contribution in [0.4, 0.5) is 5.69 Å². The summed E-state index contributed by atoms with van der Waals surface area (Å²) < 4.78 is 26.2. The van der Waals surface area contributed by atoms with Gasteiger partial charge in [0.15, 0.2) is 0 Å². The molecule has 0 aromatic heterocycles. The maximum Gasteiger partial charge on any atom is 0.265 e. The average Bonchev–Trinajstić information content (AvgIpc) is 2.49. The molecule has 7 heteroatoms. The van der Waals surface area contributed by atoms with E-state index in [4.69, 9.17) is 28.5 Å². The quantitative estimate of drug-likeness (QED) is 0.855. The molecule has 0 saturated heterocycles. The number of hydrogen-bond acceptors (Lipinski definition) is 3. The van der Waals surface area contributed by atoms with Crippen LogP contribution >= 0.6 is 23.2 Å². The lowest BCUT2D eigenvalue weighted by atomic mass is 10.2. The fraction of sp³-hybridized carbons (Fsp3) is 0.0714. The molecule has 0 aliphatic heterocycles. The molecule has 0 aliphatic rings. The van der Waals surface area contributed by atoms with Crippen molar-refractivity contribution >= 4 is 38.9 Å². The second-order valence-electron chi connectivity index (χ2n) is 4.21. The summed E-state index contributed by atoms with van der Waals surface area (Å²) in [5.74, 6) is 0. The number of halogens is 2. The van der Waals surface area contributed by atoms with Gasteiger partial charge in [0, 0.05) is 12.1 Å². The molecule has 0 bridgehead atoms. The maximum atomic E-state index is 12.6. The number of nitrogens with zero attached hydrogens (tertiary/aromatic N) is 2. The minimum atomic E-state index is -3.83. The van der Waals surface area contributed by atoms with Crippen LogP contribution in [-0.4, -0.2) is 15.5 Å². The molecule has 0 fully saturated rings. The molecule has 0 radical (unpaired) electrons. The van der Waals surface area contributed by atoms with E-state index in [0.717, 1.165) is 4.31 Å². The summed E-state index contributed by atoms with van der Waals surface area (Å²) in [6.45, 7) is 0. The Labute approximate surface area is 133 Å². The molecular formula is C14H10Cl2N2O2S. The standard InChI is InChI=1S/C14H10Cl2N2O2S/c1-18(12-5-2-10(9-17)3-6-12)21(19,20)14-8-11(15)4-7-13(14)16/h2-8H,1H3. The maximum absolute atomic E-state index is 12.6. The highest BCUT2D eigenvalue weighted by Crippen LogP contribution is 2.29. The Morgan fingerprint density at radius 3 is 2.29 bits per heavy atom. The molecule has 0 aliphatic carbocycles. The molecule has 0 N–H and O–H groups in total. The molecule has 0 unspecified atom stereocenters. The van der Waals surface area contributed by atoms with Gasteiger partial charge in [0.25, 0.3) is 10.0 Å². The van der Waals surface area contributed by atoms with Crippen molar-refractivity contribution in [3.63, 3.8) is 0 Å². The lowest BCUT2D eigenvalue weighted by molar-refractivity contribution is 0.594. The highest BCUT2D eigenvalue weighted by molar-refractivity contribution is 7.93. The number of anilines is 1. The first-order valence-electron chi connectivity index (χ1n) is 5.80. The third-order valence-electron chi connectivity index (χ3n) is 2.89. The predicted molar refractivity (Wildman–Crippen MR) is 83.2 cm³/mol. The highest BCUT2D eigenvalue weighted by atomic mass is 35.5. The molecule has 0 heterocycles. The predicted octanol–water partition coefficient (Wildman–Crippen LogP) is 3.69. The highest BCUT2D eigenvalue weighted by Gasteiger charge is 2.24. The molecule has 0 saturated carbocycles. The van der Waals surface area contributed by atoms with Gasteiger partial charge < -0.3 is 0 Å². The molecule has 0 spiro atoms. The van der Waals surface area contributed by atoms with Crippen molar-refractivity contribution in [2.24, 2.45) is 0 Å². The van der Waals surface area contributed by atoms with E-state index in [-0.39, 0.29) is 14.9 Å². The summed E-state index contributed by atoms with van der Waals surface area (Å²) >= 11 is 11.8. The van der Waals surface area contributed by atoms with Crippen LogP contribution in [0.25, 0.3) is 0 Å². The van der Waals surface area contributed by atoms with Crippen LogP contribution in [0.5, 0.6) is 0 Å². The molecule has 0 amide bonds. The molecule has 21 heavy (non-hydrogen) atoms. The molecule has 2 rings (SSSR count). The van der Waals surface area contributed by atoms with Crippen molar-refractivity contribution < 1.29 is 8.42 Å². The van der Waals surface area contributed by atoms with E-state index >= 15 is 0 Å². The SMILES string of the molecule is CN(c1ccc(C#N)cc1)S(=O)(=O)c1cc(Cl)ccc1Cl. The lowest BCUT2D eigenvalue weighted by Crippen LogP contribution is -2.26.